The fourth-order valence-corrected chi connectivity index (χ4v) is 2.95. The van der Waals surface area contributed by atoms with E-state index in [1.807, 2.05) is 30.3 Å². The van der Waals surface area contributed by atoms with Gasteiger partial charge in [-0.3, -0.25) is 0 Å². The van der Waals surface area contributed by atoms with E-state index in [0.717, 1.165) is 22.1 Å². The first kappa shape index (κ1) is 15.5. The highest BCUT2D eigenvalue weighted by atomic mass is 79.9. The molecule has 1 nitrogen and oxygen atoms in total. The van der Waals surface area contributed by atoms with Crippen molar-refractivity contribution in [2.24, 2.45) is 0 Å². The molecule has 2 aromatic carbocycles. The molecule has 0 aromatic heterocycles. The summed E-state index contributed by atoms with van der Waals surface area (Å²) in [6, 6.07) is 12.9. The number of hydrogen-bond acceptors (Lipinski definition) is 1. The number of likely N-dealkylation sites (N-methyl/N-ethyl adjacent to an activating group) is 1. The smallest absolute Gasteiger partial charge is 0.124 e. The Kier molecular flexibility index (Phi) is 5.58. The largest absolute Gasteiger partial charge is 0.310 e. The fourth-order valence-electron chi connectivity index (χ4n) is 2.24. The molecule has 1 N–H and O–H groups in total. The van der Waals surface area contributed by atoms with Gasteiger partial charge in [-0.2, -0.15) is 0 Å². The summed E-state index contributed by atoms with van der Waals surface area (Å²) < 4.78 is 14.2. The van der Waals surface area contributed by atoms with Crippen molar-refractivity contribution in [1.82, 2.24) is 5.32 Å². The predicted molar refractivity (Wildman–Crippen MR) is 85.7 cm³/mol. The molecule has 0 amide bonds. The Balaban J connectivity index is 2.25. The summed E-state index contributed by atoms with van der Waals surface area (Å²) in [5.74, 6) is -0.226. The maximum absolute atomic E-state index is 13.5. The third kappa shape index (κ3) is 4.30. The average Bonchev–Trinajstić information content (AvgIpc) is 2.37. The van der Waals surface area contributed by atoms with Crippen LogP contribution < -0.4 is 5.32 Å². The van der Waals surface area contributed by atoms with Crippen LogP contribution in [-0.4, -0.2) is 6.54 Å². The van der Waals surface area contributed by atoms with E-state index in [1.54, 1.807) is 6.07 Å². The van der Waals surface area contributed by atoms with E-state index in [0.29, 0.717) is 11.4 Å². The summed E-state index contributed by atoms with van der Waals surface area (Å²) in [4.78, 5) is 0. The van der Waals surface area contributed by atoms with E-state index < -0.39 is 0 Å². The zero-order valence-electron chi connectivity index (χ0n) is 11.2. The zero-order valence-corrected chi connectivity index (χ0v) is 13.5. The fraction of sp³-hybridized carbons (Fsp3) is 0.250. The molecule has 4 heteroatoms. The van der Waals surface area contributed by atoms with Crippen molar-refractivity contribution in [3.05, 3.63) is 68.9 Å². The van der Waals surface area contributed by atoms with Crippen LogP contribution in [0.1, 0.15) is 24.1 Å². The van der Waals surface area contributed by atoms with Gasteiger partial charge in [-0.15, -0.1) is 0 Å². The Morgan fingerprint density at radius 1 is 1.25 bits per heavy atom. The highest BCUT2D eigenvalue weighted by Crippen LogP contribution is 2.23. The van der Waals surface area contributed by atoms with Crippen molar-refractivity contribution in [2.45, 2.75) is 19.4 Å². The normalized spacial score (nSPS) is 12.4. The molecule has 0 saturated heterocycles. The highest BCUT2D eigenvalue weighted by molar-refractivity contribution is 9.10. The molecule has 0 heterocycles. The number of benzene rings is 2. The van der Waals surface area contributed by atoms with Crippen LogP contribution in [0.15, 0.2) is 46.9 Å². The van der Waals surface area contributed by atoms with Crippen LogP contribution in [0, 0.1) is 5.82 Å². The summed E-state index contributed by atoms with van der Waals surface area (Å²) in [6.07, 6.45) is 0.713. The molecule has 0 aliphatic rings. The summed E-state index contributed by atoms with van der Waals surface area (Å²) in [5.41, 5.74) is 2.06. The molecule has 0 aliphatic carbocycles. The highest BCUT2D eigenvalue weighted by Gasteiger charge is 2.12. The maximum atomic E-state index is 13.5. The quantitative estimate of drug-likeness (QED) is 0.782. The molecule has 106 valence electrons. The number of halogens is 3. The summed E-state index contributed by atoms with van der Waals surface area (Å²) in [6.45, 7) is 2.90. The minimum absolute atomic E-state index is 0.118. The topological polar surface area (TPSA) is 12.0 Å². The van der Waals surface area contributed by atoms with Crippen molar-refractivity contribution in [3.63, 3.8) is 0 Å². The Morgan fingerprint density at radius 3 is 2.70 bits per heavy atom. The Morgan fingerprint density at radius 2 is 2.05 bits per heavy atom. The summed E-state index contributed by atoms with van der Waals surface area (Å²) in [7, 11) is 0. The molecule has 2 rings (SSSR count). The van der Waals surface area contributed by atoms with Gasteiger partial charge in [0.25, 0.3) is 0 Å². The molecule has 0 fully saturated rings. The SMILES string of the molecule is CCNC(Cc1cc(F)cc(Br)c1)c1cccc(Cl)c1. The van der Waals surface area contributed by atoms with Gasteiger partial charge in [-0.05, 0) is 54.4 Å². The van der Waals surface area contributed by atoms with Crippen molar-refractivity contribution in [2.75, 3.05) is 6.54 Å². The molecule has 0 saturated carbocycles. The molecule has 20 heavy (non-hydrogen) atoms. The molecule has 0 aliphatic heterocycles. The molecular weight excluding hydrogens is 341 g/mol. The van der Waals surface area contributed by atoms with Crippen LogP contribution in [0.4, 0.5) is 4.39 Å². The Hall–Kier alpha value is -0.900. The first-order valence-corrected chi connectivity index (χ1v) is 7.69. The third-order valence-corrected chi connectivity index (χ3v) is 3.76. The third-order valence-electron chi connectivity index (χ3n) is 3.06. The van der Waals surface area contributed by atoms with Crippen LogP contribution in [-0.2, 0) is 6.42 Å². The monoisotopic (exact) mass is 355 g/mol. The molecule has 1 unspecified atom stereocenters. The van der Waals surface area contributed by atoms with Crippen molar-refractivity contribution >= 4 is 27.5 Å². The average molecular weight is 357 g/mol. The minimum atomic E-state index is -0.226. The van der Waals surface area contributed by atoms with Crippen LogP contribution in [0.2, 0.25) is 5.02 Å². The van der Waals surface area contributed by atoms with Gasteiger partial charge in [-0.1, -0.05) is 46.6 Å². The second-order valence-corrected chi connectivity index (χ2v) is 6.00. The van der Waals surface area contributed by atoms with Gasteiger partial charge in [0.15, 0.2) is 0 Å². The molecule has 1 atom stereocenters. The van der Waals surface area contributed by atoms with E-state index in [9.17, 15) is 4.39 Å². The van der Waals surface area contributed by atoms with Gasteiger partial charge in [0.2, 0.25) is 0 Å². The molecular formula is C16H16BrClFN. The minimum Gasteiger partial charge on any atom is -0.310 e. The lowest BCUT2D eigenvalue weighted by Crippen LogP contribution is -2.23. The van der Waals surface area contributed by atoms with Crippen molar-refractivity contribution in [1.29, 1.82) is 0 Å². The number of hydrogen-bond donors (Lipinski definition) is 1. The standard InChI is InChI=1S/C16H16BrClFN/c1-2-20-16(12-4-3-5-14(18)9-12)8-11-6-13(17)10-15(19)7-11/h3-7,9-10,16,20H,2,8H2,1H3. The van der Waals surface area contributed by atoms with Crippen molar-refractivity contribution in [3.8, 4) is 0 Å². The molecule has 0 bridgehead atoms. The maximum Gasteiger partial charge on any atom is 0.124 e. The lowest BCUT2D eigenvalue weighted by molar-refractivity contribution is 0.546. The van der Waals surface area contributed by atoms with Crippen LogP contribution >= 0.6 is 27.5 Å². The first-order valence-electron chi connectivity index (χ1n) is 6.52. The van der Waals surface area contributed by atoms with Gasteiger partial charge in [-0.25, -0.2) is 4.39 Å². The second-order valence-electron chi connectivity index (χ2n) is 4.65. The van der Waals surface area contributed by atoms with Gasteiger partial charge in [0.1, 0.15) is 5.82 Å². The van der Waals surface area contributed by atoms with E-state index in [2.05, 4.69) is 28.2 Å². The van der Waals surface area contributed by atoms with E-state index in [1.165, 1.54) is 6.07 Å². The summed E-state index contributed by atoms with van der Waals surface area (Å²) >= 11 is 9.38. The lowest BCUT2D eigenvalue weighted by Gasteiger charge is -2.19. The lowest BCUT2D eigenvalue weighted by atomic mass is 9.99. The van der Waals surface area contributed by atoms with E-state index in [-0.39, 0.29) is 11.9 Å². The van der Waals surface area contributed by atoms with Crippen molar-refractivity contribution < 1.29 is 4.39 Å². The number of nitrogens with one attached hydrogen (secondary N) is 1. The zero-order chi connectivity index (χ0) is 14.5. The second kappa shape index (κ2) is 7.21. The van der Waals surface area contributed by atoms with Gasteiger partial charge in [0.05, 0.1) is 0 Å². The van der Waals surface area contributed by atoms with Gasteiger partial charge < -0.3 is 5.32 Å². The van der Waals surface area contributed by atoms with Gasteiger partial charge in [0, 0.05) is 15.5 Å². The van der Waals surface area contributed by atoms with E-state index >= 15 is 0 Å². The molecule has 0 radical (unpaired) electrons. The number of rotatable bonds is 5. The van der Waals surface area contributed by atoms with Crippen LogP contribution in [0.25, 0.3) is 0 Å². The van der Waals surface area contributed by atoms with Crippen LogP contribution in [0.5, 0.6) is 0 Å². The van der Waals surface area contributed by atoms with E-state index in [4.69, 9.17) is 11.6 Å². The first-order chi connectivity index (χ1) is 9.58. The van der Waals surface area contributed by atoms with Gasteiger partial charge >= 0.3 is 0 Å². The van der Waals surface area contributed by atoms with Crippen LogP contribution in [0.3, 0.4) is 0 Å². The molecule has 0 spiro atoms. The predicted octanol–water partition coefficient (Wildman–Crippen LogP) is 5.13. The summed E-state index contributed by atoms with van der Waals surface area (Å²) in [5, 5.41) is 4.13. The Bertz CT molecular complexity index is 568. The molecule has 2 aromatic rings. The Labute approximate surface area is 132 Å².